The van der Waals surface area contributed by atoms with Crippen LogP contribution in [0.2, 0.25) is 5.02 Å². The van der Waals surface area contributed by atoms with Crippen LogP contribution in [0.1, 0.15) is 11.3 Å². The molecule has 17 heavy (non-hydrogen) atoms. The topological polar surface area (TPSA) is 59.9 Å². The fraction of sp³-hybridized carbons (Fsp3) is 0.200. The van der Waals surface area contributed by atoms with E-state index in [2.05, 4.69) is 9.59 Å². The Morgan fingerprint density at radius 1 is 1.29 bits per heavy atom. The molecule has 0 unspecified atom stereocenters. The van der Waals surface area contributed by atoms with Crippen LogP contribution in [0.5, 0.6) is 0 Å². The average molecular weight is 289 g/mol. The van der Waals surface area contributed by atoms with E-state index in [9.17, 15) is 8.42 Å². The lowest BCUT2D eigenvalue weighted by Gasteiger charge is -2.02. The largest absolute Gasteiger partial charge is 0.222 e. The van der Waals surface area contributed by atoms with Gasteiger partial charge in [0.05, 0.1) is 11.4 Å². The summed E-state index contributed by atoms with van der Waals surface area (Å²) < 4.78 is 28.0. The van der Waals surface area contributed by atoms with Gasteiger partial charge in [0, 0.05) is 16.6 Å². The van der Waals surface area contributed by atoms with Crippen molar-refractivity contribution >= 4 is 33.0 Å². The third-order valence-corrected chi connectivity index (χ3v) is 5.60. The Kier molecular flexibility index (Phi) is 3.46. The van der Waals surface area contributed by atoms with Crippen molar-refractivity contribution in [3.63, 3.8) is 0 Å². The predicted molar refractivity (Wildman–Crippen MR) is 67.0 cm³/mol. The SMILES string of the molecule is Cc1nnsc1S(=O)(=O)Cc1ccc(Cl)cc1. The summed E-state index contributed by atoms with van der Waals surface area (Å²) in [5.74, 6) is -0.0606. The summed E-state index contributed by atoms with van der Waals surface area (Å²) >= 11 is 6.64. The lowest BCUT2D eigenvalue weighted by molar-refractivity contribution is 0.596. The molecule has 0 spiro atoms. The van der Waals surface area contributed by atoms with Crippen LogP contribution in [0.3, 0.4) is 0 Å². The predicted octanol–water partition coefficient (Wildman–Crippen LogP) is 2.47. The van der Waals surface area contributed by atoms with E-state index in [1.165, 1.54) is 0 Å². The third-order valence-electron chi connectivity index (χ3n) is 2.16. The molecule has 0 fully saturated rings. The Bertz CT molecular complexity index is 620. The van der Waals surface area contributed by atoms with Crippen LogP contribution in [-0.4, -0.2) is 18.0 Å². The van der Waals surface area contributed by atoms with Crippen molar-refractivity contribution < 1.29 is 8.42 Å². The lowest BCUT2D eigenvalue weighted by Crippen LogP contribution is -2.04. The van der Waals surface area contributed by atoms with Crippen molar-refractivity contribution in [3.8, 4) is 0 Å². The third kappa shape index (κ3) is 2.83. The van der Waals surface area contributed by atoms with E-state index < -0.39 is 9.84 Å². The Morgan fingerprint density at radius 3 is 2.47 bits per heavy atom. The average Bonchev–Trinajstić information content (AvgIpc) is 2.68. The first-order valence-electron chi connectivity index (χ1n) is 4.75. The van der Waals surface area contributed by atoms with Gasteiger partial charge < -0.3 is 0 Å². The van der Waals surface area contributed by atoms with E-state index in [0.29, 0.717) is 16.3 Å². The summed E-state index contributed by atoms with van der Waals surface area (Å²) in [5.41, 5.74) is 1.14. The molecule has 0 amide bonds. The molecule has 0 aliphatic rings. The highest BCUT2D eigenvalue weighted by molar-refractivity contribution is 7.92. The van der Waals surface area contributed by atoms with Gasteiger partial charge in [0.15, 0.2) is 14.0 Å². The molecule has 1 aromatic carbocycles. The Balaban J connectivity index is 2.30. The van der Waals surface area contributed by atoms with Crippen LogP contribution in [0.4, 0.5) is 0 Å². The van der Waals surface area contributed by atoms with Crippen LogP contribution < -0.4 is 0 Å². The normalized spacial score (nSPS) is 11.6. The van der Waals surface area contributed by atoms with Crippen LogP contribution >= 0.6 is 23.1 Å². The van der Waals surface area contributed by atoms with Gasteiger partial charge in [-0.3, -0.25) is 0 Å². The van der Waals surface area contributed by atoms with Gasteiger partial charge in [-0.15, -0.1) is 5.10 Å². The Morgan fingerprint density at radius 2 is 1.94 bits per heavy atom. The van der Waals surface area contributed by atoms with Crippen LogP contribution in [0, 0.1) is 6.92 Å². The molecule has 0 N–H and O–H groups in total. The standard InChI is InChI=1S/C10H9ClN2O2S2/c1-7-10(16-13-12-7)17(14,15)6-8-2-4-9(11)5-3-8/h2-5H,6H2,1H3. The van der Waals surface area contributed by atoms with E-state index >= 15 is 0 Å². The van der Waals surface area contributed by atoms with E-state index in [-0.39, 0.29) is 9.96 Å². The summed E-state index contributed by atoms with van der Waals surface area (Å²) in [6, 6.07) is 6.74. The highest BCUT2D eigenvalue weighted by Crippen LogP contribution is 2.22. The molecule has 1 heterocycles. The maximum absolute atomic E-state index is 12.1. The minimum atomic E-state index is -3.36. The van der Waals surface area contributed by atoms with Gasteiger partial charge in [0.1, 0.15) is 0 Å². The highest BCUT2D eigenvalue weighted by atomic mass is 35.5. The van der Waals surface area contributed by atoms with Crippen LogP contribution in [0.15, 0.2) is 28.5 Å². The summed E-state index contributed by atoms with van der Waals surface area (Å²) in [7, 11) is -3.36. The molecule has 0 aliphatic carbocycles. The Hall–Kier alpha value is -0.980. The molecule has 7 heteroatoms. The fourth-order valence-electron chi connectivity index (χ4n) is 1.37. The van der Waals surface area contributed by atoms with Crippen molar-refractivity contribution in [1.82, 2.24) is 9.59 Å². The summed E-state index contributed by atoms with van der Waals surface area (Å²) in [6.45, 7) is 1.64. The summed E-state index contributed by atoms with van der Waals surface area (Å²) in [5, 5.41) is 4.29. The number of halogens is 1. The minimum absolute atomic E-state index is 0.0606. The number of benzene rings is 1. The molecule has 0 saturated carbocycles. The molecule has 0 radical (unpaired) electrons. The van der Waals surface area contributed by atoms with Gasteiger partial charge in [-0.25, -0.2) is 8.42 Å². The number of hydrogen-bond acceptors (Lipinski definition) is 5. The molecule has 90 valence electrons. The maximum Gasteiger partial charge on any atom is 0.195 e. The zero-order valence-corrected chi connectivity index (χ0v) is 11.3. The zero-order chi connectivity index (χ0) is 12.5. The van der Waals surface area contributed by atoms with Gasteiger partial charge in [-0.2, -0.15) is 0 Å². The summed E-state index contributed by atoms with van der Waals surface area (Å²) in [6.07, 6.45) is 0. The number of aryl methyl sites for hydroxylation is 1. The highest BCUT2D eigenvalue weighted by Gasteiger charge is 2.21. The maximum atomic E-state index is 12.1. The first kappa shape index (κ1) is 12.5. The van der Waals surface area contributed by atoms with Crippen molar-refractivity contribution in [1.29, 1.82) is 0 Å². The number of sulfone groups is 1. The first-order chi connectivity index (χ1) is 7.99. The number of rotatable bonds is 3. The molecule has 0 atom stereocenters. The molecule has 2 aromatic rings. The number of hydrogen-bond donors (Lipinski definition) is 0. The van der Waals surface area contributed by atoms with Gasteiger partial charge in [0.25, 0.3) is 0 Å². The molecule has 1 aromatic heterocycles. The van der Waals surface area contributed by atoms with E-state index in [1.807, 2.05) is 0 Å². The van der Waals surface area contributed by atoms with Crippen molar-refractivity contribution in [2.45, 2.75) is 16.9 Å². The smallest absolute Gasteiger partial charge is 0.195 e. The lowest BCUT2D eigenvalue weighted by atomic mass is 10.2. The molecular formula is C10H9ClN2O2S2. The van der Waals surface area contributed by atoms with Crippen molar-refractivity contribution in [2.75, 3.05) is 0 Å². The number of nitrogens with zero attached hydrogens (tertiary/aromatic N) is 2. The molecule has 0 saturated heterocycles. The second-order valence-corrected chi connectivity index (χ2v) is 6.91. The second kappa shape index (κ2) is 4.72. The molecule has 4 nitrogen and oxygen atoms in total. The van der Waals surface area contributed by atoms with Gasteiger partial charge in [0.2, 0.25) is 0 Å². The fourth-order valence-corrected chi connectivity index (χ4v) is 3.89. The molecule has 0 aliphatic heterocycles. The van der Waals surface area contributed by atoms with E-state index in [1.54, 1.807) is 31.2 Å². The monoisotopic (exact) mass is 288 g/mol. The van der Waals surface area contributed by atoms with Crippen molar-refractivity contribution in [2.24, 2.45) is 0 Å². The van der Waals surface area contributed by atoms with Gasteiger partial charge >= 0.3 is 0 Å². The Labute approximate surface area is 108 Å². The van der Waals surface area contributed by atoms with Crippen LogP contribution in [-0.2, 0) is 15.6 Å². The zero-order valence-electron chi connectivity index (χ0n) is 8.92. The second-order valence-electron chi connectivity index (χ2n) is 3.53. The van der Waals surface area contributed by atoms with E-state index in [4.69, 9.17) is 11.6 Å². The molecular weight excluding hydrogens is 280 g/mol. The van der Waals surface area contributed by atoms with Crippen molar-refractivity contribution in [3.05, 3.63) is 40.5 Å². The summed E-state index contributed by atoms with van der Waals surface area (Å²) in [4.78, 5) is 0. The minimum Gasteiger partial charge on any atom is -0.222 e. The number of aromatic nitrogens is 2. The quantitative estimate of drug-likeness (QED) is 0.870. The van der Waals surface area contributed by atoms with Crippen LogP contribution in [0.25, 0.3) is 0 Å². The van der Waals surface area contributed by atoms with E-state index in [0.717, 1.165) is 11.5 Å². The molecule has 2 rings (SSSR count). The molecule has 0 bridgehead atoms. The van der Waals surface area contributed by atoms with Gasteiger partial charge in [-0.05, 0) is 24.6 Å². The van der Waals surface area contributed by atoms with Gasteiger partial charge in [-0.1, -0.05) is 28.2 Å². The first-order valence-corrected chi connectivity index (χ1v) is 7.55.